The van der Waals surface area contributed by atoms with E-state index in [4.69, 9.17) is 16.3 Å². The summed E-state index contributed by atoms with van der Waals surface area (Å²) in [7, 11) is 0. The van der Waals surface area contributed by atoms with Gasteiger partial charge in [-0.05, 0) is 29.7 Å². The summed E-state index contributed by atoms with van der Waals surface area (Å²) in [4.78, 5) is 11.7. The van der Waals surface area contributed by atoms with Crippen LogP contribution in [0, 0.1) is 0 Å². The summed E-state index contributed by atoms with van der Waals surface area (Å²) in [6, 6.07) is 15.8. The third-order valence-corrected chi connectivity index (χ3v) is 3.97. The van der Waals surface area contributed by atoms with Gasteiger partial charge in [0.15, 0.2) is 5.38 Å². The van der Waals surface area contributed by atoms with Crippen molar-refractivity contribution in [2.24, 2.45) is 0 Å². The van der Waals surface area contributed by atoms with Gasteiger partial charge in [0.25, 0.3) is 0 Å². The Morgan fingerprint density at radius 1 is 1.20 bits per heavy atom. The fourth-order valence-electron chi connectivity index (χ4n) is 1.89. The molecule has 0 radical (unpaired) electrons. The summed E-state index contributed by atoms with van der Waals surface area (Å²) in [6.45, 7) is 2.08. The van der Waals surface area contributed by atoms with E-state index in [1.165, 1.54) is 0 Å². The molecule has 0 aromatic heterocycles. The minimum Gasteiger partial charge on any atom is -0.465 e. The summed E-state index contributed by atoms with van der Waals surface area (Å²) < 4.78 is 5.73. The Labute approximate surface area is 131 Å². The normalized spacial score (nSPS) is 11.9. The molecule has 2 aromatic carbocycles. The van der Waals surface area contributed by atoms with E-state index in [0.29, 0.717) is 12.2 Å². The first kappa shape index (κ1) is 15.1. The van der Waals surface area contributed by atoms with Crippen LogP contribution in [0.4, 0.5) is 0 Å². The number of esters is 1. The Morgan fingerprint density at radius 3 is 2.50 bits per heavy atom. The van der Waals surface area contributed by atoms with Gasteiger partial charge in [-0.3, -0.25) is 4.79 Å². The molecule has 0 N–H and O–H groups in total. The van der Waals surface area contributed by atoms with Gasteiger partial charge >= 0.3 is 5.97 Å². The standard InChI is InChI=1S/C16H14BrClO2/c1-2-20-16(19)15(18)13-9-8-12(10-14(13)17)11-6-4-3-5-7-11/h3-10,15H,2H2,1H3. The monoisotopic (exact) mass is 352 g/mol. The molecule has 1 atom stereocenters. The molecule has 104 valence electrons. The van der Waals surface area contributed by atoms with Crippen molar-refractivity contribution in [1.82, 2.24) is 0 Å². The summed E-state index contributed by atoms with van der Waals surface area (Å²) in [5.41, 5.74) is 2.89. The van der Waals surface area contributed by atoms with Gasteiger partial charge in [-0.25, -0.2) is 0 Å². The molecule has 0 saturated heterocycles. The largest absolute Gasteiger partial charge is 0.465 e. The molecule has 2 nitrogen and oxygen atoms in total. The van der Waals surface area contributed by atoms with Gasteiger partial charge in [0, 0.05) is 4.47 Å². The molecule has 0 aliphatic carbocycles. The molecule has 0 spiro atoms. The number of rotatable bonds is 4. The summed E-state index contributed by atoms with van der Waals surface area (Å²) in [5.74, 6) is -0.428. The van der Waals surface area contributed by atoms with E-state index < -0.39 is 11.3 Å². The van der Waals surface area contributed by atoms with Crippen molar-refractivity contribution in [2.45, 2.75) is 12.3 Å². The molecule has 0 aliphatic rings. The zero-order valence-electron chi connectivity index (χ0n) is 11.0. The fourth-order valence-corrected chi connectivity index (χ4v) is 2.88. The van der Waals surface area contributed by atoms with Crippen LogP contribution in [0.25, 0.3) is 11.1 Å². The second kappa shape index (κ2) is 6.91. The summed E-state index contributed by atoms with van der Waals surface area (Å²) in [6.07, 6.45) is 0. The molecule has 2 aromatic rings. The molecule has 0 aliphatic heterocycles. The smallest absolute Gasteiger partial charge is 0.328 e. The molecule has 0 bridgehead atoms. The third kappa shape index (κ3) is 3.41. The topological polar surface area (TPSA) is 26.3 Å². The summed E-state index contributed by atoms with van der Waals surface area (Å²) in [5, 5.41) is -0.797. The zero-order valence-corrected chi connectivity index (χ0v) is 13.3. The molecule has 0 fully saturated rings. The van der Waals surface area contributed by atoms with E-state index in [2.05, 4.69) is 15.9 Å². The van der Waals surface area contributed by atoms with Crippen molar-refractivity contribution in [3.05, 3.63) is 58.6 Å². The van der Waals surface area contributed by atoms with Crippen LogP contribution in [0.1, 0.15) is 17.9 Å². The van der Waals surface area contributed by atoms with Crippen molar-refractivity contribution in [3.8, 4) is 11.1 Å². The molecule has 20 heavy (non-hydrogen) atoms. The Morgan fingerprint density at radius 2 is 1.90 bits per heavy atom. The van der Waals surface area contributed by atoms with Crippen LogP contribution in [-0.2, 0) is 9.53 Å². The maximum Gasteiger partial charge on any atom is 0.328 e. The minimum absolute atomic E-state index is 0.321. The third-order valence-electron chi connectivity index (χ3n) is 2.87. The van der Waals surface area contributed by atoms with Crippen molar-refractivity contribution in [2.75, 3.05) is 6.61 Å². The average Bonchev–Trinajstić information content (AvgIpc) is 2.47. The van der Waals surface area contributed by atoms with Crippen LogP contribution < -0.4 is 0 Å². The van der Waals surface area contributed by atoms with Crippen molar-refractivity contribution in [1.29, 1.82) is 0 Å². The highest BCUT2D eigenvalue weighted by atomic mass is 79.9. The van der Waals surface area contributed by atoms with E-state index >= 15 is 0 Å². The highest BCUT2D eigenvalue weighted by Gasteiger charge is 2.21. The van der Waals surface area contributed by atoms with Crippen LogP contribution in [0.3, 0.4) is 0 Å². The van der Waals surface area contributed by atoms with Gasteiger partial charge in [0.05, 0.1) is 6.61 Å². The second-order valence-electron chi connectivity index (χ2n) is 4.22. The second-order valence-corrected chi connectivity index (χ2v) is 5.51. The lowest BCUT2D eigenvalue weighted by Gasteiger charge is -2.12. The van der Waals surface area contributed by atoms with Crippen LogP contribution in [-0.4, -0.2) is 12.6 Å². The zero-order chi connectivity index (χ0) is 14.5. The maximum absolute atomic E-state index is 11.7. The predicted octanol–water partition coefficient (Wildman–Crippen LogP) is 4.96. The number of alkyl halides is 1. The number of carbonyl (C=O) groups is 1. The number of carbonyl (C=O) groups excluding carboxylic acids is 1. The molecule has 2 rings (SSSR count). The van der Waals surface area contributed by atoms with E-state index in [-0.39, 0.29) is 0 Å². The molecule has 0 saturated carbocycles. The number of halogens is 2. The van der Waals surface area contributed by atoms with Crippen LogP contribution in [0.5, 0.6) is 0 Å². The minimum atomic E-state index is -0.797. The van der Waals surface area contributed by atoms with Crippen molar-refractivity contribution in [3.63, 3.8) is 0 Å². The lowest BCUT2D eigenvalue weighted by atomic mass is 10.0. The molecular weight excluding hydrogens is 340 g/mol. The lowest BCUT2D eigenvalue weighted by molar-refractivity contribution is -0.142. The molecular formula is C16H14BrClO2. The van der Waals surface area contributed by atoms with Crippen LogP contribution >= 0.6 is 27.5 Å². The Bertz CT molecular complexity index is 599. The first-order chi connectivity index (χ1) is 9.63. The molecule has 4 heteroatoms. The van der Waals surface area contributed by atoms with Crippen molar-refractivity contribution >= 4 is 33.5 Å². The Kier molecular flexibility index (Phi) is 5.21. The van der Waals surface area contributed by atoms with Gasteiger partial charge in [-0.1, -0.05) is 58.4 Å². The molecule has 1 unspecified atom stereocenters. The fraction of sp³-hybridized carbons (Fsp3) is 0.188. The Hall–Kier alpha value is -1.32. The highest BCUT2D eigenvalue weighted by molar-refractivity contribution is 9.10. The highest BCUT2D eigenvalue weighted by Crippen LogP contribution is 2.32. The molecule has 0 heterocycles. The van der Waals surface area contributed by atoms with Gasteiger partial charge in [0.2, 0.25) is 0 Å². The number of benzene rings is 2. The molecule has 0 amide bonds. The van der Waals surface area contributed by atoms with Gasteiger partial charge in [-0.2, -0.15) is 0 Å². The van der Waals surface area contributed by atoms with Gasteiger partial charge < -0.3 is 4.74 Å². The lowest BCUT2D eigenvalue weighted by Crippen LogP contribution is -2.11. The van der Waals surface area contributed by atoms with Crippen molar-refractivity contribution < 1.29 is 9.53 Å². The Balaban J connectivity index is 2.29. The summed E-state index contributed by atoms with van der Waals surface area (Å²) >= 11 is 9.61. The number of hydrogen-bond acceptors (Lipinski definition) is 2. The first-order valence-electron chi connectivity index (χ1n) is 6.29. The van der Waals surface area contributed by atoms with E-state index in [9.17, 15) is 4.79 Å². The number of hydrogen-bond donors (Lipinski definition) is 0. The average molecular weight is 354 g/mol. The quantitative estimate of drug-likeness (QED) is 0.573. The maximum atomic E-state index is 11.7. The van der Waals surface area contributed by atoms with Gasteiger partial charge in [-0.15, -0.1) is 11.6 Å². The van der Waals surface area contributed by atoms with E-state index in [1.807, 2.05) is 48.5 Å². The SMILES string of the molecule is CCOC(=O)C(Cl)c1ccc(-c2ccccc2)cc1Br. The first-order valence-corrected chi connectivity index (χ1v) is 7.52. The van der Waals surface area contributed by atoms with E-state index in [0.717, 1.165) is 15.6 Å². The van der Waals surface area contributed by atoms with Crippen LogP contribution in [0.15, 0.2) is 53.0 Å². The van der Waals surface area contributed by atoms with Crippen LogP contribution in [0.2, 0.25) is 0 Å². The predicted molar refractivity (Wildman–Crippen MR) is 84.8 cm³/mol. The van der Waals surface area contributed by atoms with Gasteiger partial charge in [0.1, 0.15) is 0 Å². The van der Waals surface area contributed by atoms with E-state index in [1.54, 1.807) is 6.92 Å². The number of ether oxygens (including phenoxy) is 1.